The zero-order valence-electron chi connectivity index (χ0n) is 8.74. The molecule has 1 N–H and O–H groups in total. The molecular weight excluding hydrogens is 255 g/mol. The van der Waals surface area contributed by atoms with Crippen LogP contribution in [0.25, 0.3) is 0 Å². The first-order chi connectivity index (χ1) is 8.19. The fourth-order valence-electron chi connectivity index (χ4n) is 1.38. The number of anilines is 2. The summed E-state index contributed by atoms with van der Waals surface area (Å²) in [4.78, 5) is 0. The van der Waals surface area contributed by atoms with Gasteiger partial charge >= 0.3 is 0 Å². The fourth-order valence-corrected chi connectivity index (χ4v) is 1.71. The lowest BCUT2D eigenvalue weighted by atomic mass is 10.2. The Labute approximate surface area is 109 Å². The Morgan fingerprint density at radius 2 is 1.71 bits per heavy atom. The molecule has 0 aromatic heterocycles. The summed E-state index contributed by atoms with van der Waals surface area (Å²) in [6, 6.07) is 14.4. The maximum Gasteiger partial charge on any atom is 0.0991 e. The molecule has 84 valence electrons. The highest BCUT2D eigenvalue weighted by atomic mass is 35.5. The van der Waals surface area contributed by atoms with E-state index >= 15 is 0 Å². The van der Waals surface area contributed by atoms with E-state index in [2.05, 4.69) is 11.4 Å². The predicted molar refractivity (Wildman–Crippen MR) is 70.9 cm³/mol. The lowest BCUT2D eigenvalue weighted by Crippen LogP contribution is -1.91. The van der Waals surface area contributed by atoms with Gasteiger partial charge in [-0.3, -0.25) is 0 Å². The molecule has 0 spiro atoms. The minimum atomic E-state index is 0.596. The molecule has 0 saturated carbocycles. The summed E-state index contributed by atoms with van der Waals surface area (Å²) in [6.07, 6.45) is 0. The Morgan fingerprint density at radius 1 is 1.00 bits per heavy atom. The first-order valence-corrected chi connectivity index (χ1v) is 5.67. The van der Waals surface area contributed by atoms with Crippen molar-refractivity contribution < 1.29 is 0 Å². The molecule has 17 heavy (non-hydrogen) atoms. The van der Waals surface area contributed by atoms with Crippen LogP contribution in [0.1, 0.15) is 5.56 Å². The molecule has 0 aliphatic heterocycles. The number of halogens is 2. The molecule has 2 aromatic rings. The maximum atomic E-state index is 8.69. The lowest BCUT2D eigenvalue weighted by Gasteiger charge is -2.08. The fraction of sp³-hybridized carbons (Fsp3) is 0. The Bertz CT molecular complexity index is 571. The molecule has 0 bridgehead atoms. The number of nitrogens with one attached hydrogen (secondary N) is 1. The van der Waals surface area contributed by atoms with Crippen LogP contribution in [0, 0.1) is 11.3 Å². The van der Waals surface area contributed by atoms with Crippen LogP contribution < -0.4 is 5.32 Å². The smallest absolute Gasteiger partial charge is 0.0991 e. The first-order valence-electron chi connectivity index (χ1n) is 4.91. The van der Waals surface area contributed by atoms with E-state index in [9.17, 15) is 0 Å². The first kappa shape index (κ1) is 11.8. The SMILES string of the molecule is N#Cc1ccc(Nc2cc(Cl)ccc2Cl)cc1. The van der Waals surface area contributed by atoms with Gasteiger partial charge in [0.25, 0.3) is 0 Å². The van der Waals surface area contributed by atoms with Crippen molar-refractivity contribution in [2.75, 3.05) is 5.32 Å². The summed E-state index contributed by atoms with van der Waals surface area (Å²) in [6.45, 7) is 0. The van der Waals surface area contributed by atoms with Gasteiger partial charge in [0.1, 0.15) is 0 Å². The van der Waals surface area contributed by atoms with Crippen LogP contribution in [-0.2, 0) is 0 Å². The normalized spacial score (nSPS) is 9.71. The van der Waals surface area contributed by atoms with Crippen LogP contribution in [-0.4, -0.2) is 0 Å². The molecule has 2 nitrogen and oxygen atoms in total. The van der Waals surface area contributed by atoms with Crippen molar-refractivity contribution in [3.8, 4) is 6.07 Å². The van der Waals surface area contributed by atoms with Gasteiger partial charge in [0, 0.05) is 10.7 Å². The molecule has 2 rings (SSSR count). The van der Waals surface area contributed by atoms with E-state index in [1.165, 1.54) is 0 Å². The highest BCUT2D eigenvalue weighted by molar-refractivity contribution is 6.35. The Morgan fingerprint density at radius 3 is 2.35 bits per heavy atom. The topological polar surface area (TPSA) is 35.8 Å². The van der Waals surface area contributed by atoms with Gasteiger partial charge in [0.05, 0.1) is 22.3 Å². The third-order valence-corrected chi connectivity index (χ3v) is 2.79. The number of hydrogen-bond donors (Lipinski definition) is 1. The Kier molecular flexibility index (Phi) is 3.53. The summed E-state index contributed by atoms with van der Waals surface area (Å²) < 4.78 is 0. The average Bonchev–Trinajstić information content (AvgIpc) is 2.35. The second kappa shape index (κ2) is 5.09. The zero-order valence-corrected chi connectivity index (χ0v) is 10.3. The van der Waals surface area contributed by atoms with Crippen LogP contribution in [0.2, 0.25) is 10.0 Å². The second-order valence-corrected chi connectivity index (χ2v) is 4.28. The number of benzene rings is 2. The van der Waals surface area contributed by atoms with Crippen LogP contribution in [0.5, 0.6) is 0 Å². The van der Waals surface area contributed by atoms with E-state index in [1.807, 2.05) is 12.1 Å². The number of nitriles is 1. The molecular formula is C13H8Cl2N2. The van der Waals surface area contributed by atoms with Gasteiger partial charge < -0.3 is 5.32 Å². The van der Waals surface area contributed by atoms with Crippen LogP contribution >= 0.6 is 23.2 Å². The molecule has 4 heteroatoms. The van der Waals surface area contributed by atoms with Crippen LogP contribution in [0.4, 0.5) is 11.4 Å². The predicted octanol–water partition coefficient (Wildman–Crippen LogP) is 4.61. The zero-order chi connectivity index (χ0) is 12.3. The quantitative estimate of drug-likeness (QED) is 0.858. The van der Waals surface area contributed by atoms with Gasteiger partial charge in [-0.25, -0.2) is 0 Å². The number of hydrogen-bond acceptors (Lipinski definition) is 2. The number of rotatable bonds is 2. The summed E-state index contributed by atoms with van der Waals surface area (Å²) in [7, 11) is 0. The van der Waals surface area contributed by atoms with Gasteiger partial charge in [-0.05, 0) is 42.5 Å². The standard InChI is InChI=1S/C13H8Cl2N2/c14-10-3-6-12(15)13(7-10)17-11-4-1-9(8-16)2-5-11/h1-7,17H. The van der Waals surface area contributed by atoms with Crippen molar-refractivity contribution in [1.29, 1.82) is 5.26 Å². The summed E-state index contributed by atoms with van der Waals surface area (Å²) in [5, 5.41) is 13.0. The molecule has 0 radical (unpaired) electrons. The molecule has 0 aliphatic carbocycles. The summed E-state index contributed by atoms with van der Waals surface area (Å²) in [5.41, 5.74) is 2.21. The van der Waals surface area contributed by atoms with E-state index in [-0.39, 0.29) is 0 Å². The van der Waals surface area contributed by atoms with E-state index in [4.69, 9.17) is 28.5 Å². The molecule has 0 saturated heterocycles. The molecule has 0 atom stereocenters. The van der Waals surface area contributed by atoms with E-state index in [0.717, 1.165) is 11.4 Å². The van der Waals surface area contributed by atoms with Gasteiger partial charge in [0.2, 0.25) is 0 Å². The highest BCUT2D eigenvalue weighted by Gasteiger charge is 2.01. The summed E-state index contributed by atoms with van der Waals surface area (Å²) in [5.74, 6) is 0. The second-order valence-electron chi connectivity index (χ2n) is 3.44. The van der Waals surface area contributed by atoms with E-state index < -0.39 is 0 Å². The highest BCUT2D eigenvalue weighted by Crippen LogP contribution is 2.28. The van der Waals surface area contributed by atoms with Gasteiger partial charge in [-0.15, -0.1) is 0 Å². The average molecular weight is 263 g/mol. The Hall–Kier alpha value is -1.69. The summed E-state index contributed by atoms with van der Waals surface area (Å²) >= 11 is 11.9. The molecule has 0 aliphatic rings. The largest absolute Gasteiger partial charge is 0.354 e. The van der Waals surface area contributed by atoms with Crippen molar-refractivity contribution in [2.24, 2.45) is 0 Å². The molecule has 0 unspecified atom stereocenters. The Balaban J connectivity index is 2.25. The van der Waals surface area contributed by atoms with Crippen molar-refractivity contribution in [3.05, 3.63) is 58.1 Å². The third-order valence-electron chi connectivity index (χ3n) is 2.22. The van der Waals surface area contributed by atoms with Gasteiger partial charge in [-0.1, -0.05) is 23.2 Å². The monoisotopic (exact) mass is 262 g/mol. The molecule has 0 fully saturated rings. The van der Waals surface area contributed by atoms with Crippen LogP contribution in [0.3, 0.4) is 0 Å². The minimum absolute atomic E-state index is 0.596. The van der Waals surface area contributed by atoms with E-state index in [1.54, 1.807) is 30.3 Å². The van der Waals surface area contributed by atoms with Crippen molar-refractivity contribution in [3.63, 3.8) is 0 Å². The number of nitrogens with zero attached hydrogens (tertiary/aromatic N) is 1. The third kappa shape index (κ3) is 2.91. The minimum Gasteiger partial charge on any atom is -0.354 e. The van der Waals surface area contributed by atoms with Crippen molar-refractivity contribution >= 4 is 34.6 Å². The molecule has 2 aromatic carbocycles. The van der Waals surface area contributed by atoms with Gasteiger partial charge in [-0.2, -0.15) is 5.26 Å². The lowest BCUT2D eigenvalue weighted by molar-refractivity contribution is 1.47. The molecule has 0 heterocycles. The van der Waals surface area contributed by atoms with Crippen molar-refractivity contribution in [1.82, 2.24) is 0 Å². The van der Waals surface area contributed by atoms with E-state index in [0.29, 0.717) is 15.6 Å². The van der Waals surface area contributed by atoms with Crippen LogP contribution in [0.15, 0.2) is 42.5 Å². The maximum absolute atomic E-state index is 8.69. The molecule has 0 amide bonds. The van der Waals surface area contributed by atoms with Gasteiger partial charge in [0.15, 0.2) is 0 Å². The van der Waals surface area contributed by atoms with Crippen molar-refractivity contribution in [2.45, 2.75) is 0 Å².